The van der Waals surface area contributed by atoms with Crippen molar-refractivity contribution >= 4 is 11.6 Å². The second-order valence-electron chi connectivity index (χ2n) is 3.69. The molecule has 1 aromatic carbocycles. The SMILES string of the molecule is CCOc1ccc(NC(=O)c2cn(C)nn2)cc1. The first-order valence-corrected chi connectivity index (χ1v) is 5.59. The number of anilines is 1. The third-order valence-electron chi connectivity index (χ3n) is 2.26. The summed E-state index contributed by atoms with van der Waals surface area (Å²) in [5.41, 5.74) is 0.973. The van der Waals surface area contributed by atoms with Crippen molar-refractivity contribution in [3.63, 3.8) is 0 Å². The Bertz CT molecular complexity index is 533. The summed E-state index contributed by atoms with van der Waals surface area (Å²) in [6.07, 6.45) is 1.56. The Morgan fingerprint density at radius 1 is 1.39 bits per heavy atom. The van der Waals surface area contributed by atoms with Crippen molar-refractivity contribution in [3.05, 3.63) is 36.2 Å². The number of carbonyl (C=O) groups is 1. The van der Waals surface area contributed by atoms with Crippen LogP contribution in [0.25, 0.3) is 0 Å². The fourth-order valence-corrected chi connectivity index (χ4v) is 1.45. The summed E-state index contributed by atoms with van der Waals surface area (Å²) in [6, 6.07) is 7.16. The summed E-state index contributed by atoms with van der Waals surface area (Å²) in [5.74, 6) is 0.488. The Hall–Kier alpha value is -2.37. The number of hydrogen-bond acceptors (Lipinski definition) is 4. The Balaban J connectivity index is 2.03. The van der Waals surface area contributed by atoms with E-state index < -0.39 is 0 Å². The number of amides is 1. The van der Waals surface area contributed by atoms with E-state index in [0.717, 1.165) is 5.75 Å². The molecule has 0 fully saturated rings. The molecule has 1 N–H and O–H groups in total. The van der Waals surface area contributed by atoms with E-state index in [1.54, 1.807) is 37.5 Å². The molecule has 1 heterocycles. The van der Waals surface area contributed by atoms with Crippen LogP contribution in [0.2, 0.25) is 0 Å². The highest BCUT2D eigenvalue weighted by molar-refractivity contribution is 6.02. The van der Waals surface area contributed by atoms with Crippen molar-refractivity contribution in [1.82, 2.24) is 15.0 Å². The minimum atomic E-state index is -0.285. The van der Waals surface area contributed by atoms with Gasteiger partial charge in [0.2, 0.25) is 0 Å². The van der Waals surface area contributed by atoms with Crippen LogP contribution < -0.4 is 10.1 Å². The van der Waals surface area contributed by atoms with Crippen molar-refractivity contribution in [2.45, 2.75) is 6.92 Å². The third kappa shape index (κ3) is 2.85. The van der Waals surface area contributed by atoms with Gasteiger partial charge in [-0.15, -0.1) is 5.10 Å². The van der Waals surface area contributed by atoms with E-state index in [-0.39, 0.29) is 11.6 Å². The fraction of sp³-hybridized carbons (Fsp3) is 0.250. The molecule has 0 unspecified atom stereocenters. The molecule has 0 aliphatic heterocycles. The van der Waals surface area contributed by atoms with Gasteiger partial charge in [-0.05, 0) is 31.2 Å². The zero-order valence-electron chi connectivity index (χ0n) is 10.3. The molecule has 94 valence electrons. The van der Waals surface area contributed by atoms with Gasteiger partial charge in [-0.2, -0.15) is 0 Å². The van der Waals surface area contributed by atoms with E-state index in [2.05, 4.69) is 15.6 Å². The topological polar surface area (TPSA) is 69.0 Å². The number of benzene rings is 1. The van der Waals surface area contributed by atoms with Crippen LogP contribution >= 0.6 is 0 Å². The second kappa shape index (κ2) is 5.31. The van der Waals surface area contributed by atoms with Crippen molar-refractivity contribution in [1.29, 1.82) is 0 Å². The van der Waals surface area contributed by atoms with Crippen molar-refractivity contribution in [2.24, 2.45) is 7.05 Å². The molecule has 2 rings (SSSR count). The second-order valence-corrected chi connectivity index (χ2v) is 3.69. The maximum absolute atomic E-state index is 11.8. The van der Waals surface area contributed by atoms with Crippen molar-refractivity contribution in [3.8, 4) is 5.75 Å². The summed E-state index contributed by atoms with van der Waals surface area (Å²) in [6.45, 7) is 2.54. The largest absolute Gasteiger partial charge is 0.494 e. The summed E-state index contributed by atoms with van der Waals surface area (Å²) < 4.78 is 6.79. The lowest BCUT2D eigenvalue weighted by atomic mass is 10.3. The van der Waals surface area contributed by atoms with E-state index >= 15 is 0 Å². The summed E-state index contributed by atoms with van der Waals surface area (Å²) in [5, 5.41) is 10.2. The molecule has 0 saturated heterocycles. The van der Waals surface area contributed by atoms with E-state index in [0.29, 0.717) is 12.3 Å². The lowest BCUT2D eigenvalue weighted by Crippen LogP contribution is -2.12. The van der Waals surface area contributed by atoms with Gasteiger partial charge in [-0.1, -0.05) is 5.21 Å². The lowest BCUT2D eigenvalue weighted by molar-refractivity contribution is 0.102. The number of hydrogen-bond donors (Lipinski definition) is 1. The molecule has 1 aromatic heterocycles. The van der Waals surface area contributed by atoms with Crippen molar-refractivity contribution in [2.75, 3.05) is 11.9 Å². The van der Waals surface area contributed by atoms with Gasteiger partial charge in [0.15, 0.2) is 5.69 Å². The first kappa shape index (κ1) is 12.1. The van der Waals surface area contributed by atoms with Gasteiger partial charge < -0.3 is 10.1 Å². The molecule has 0 saturated carbocycles. The first-order valence-electron chi connectivity index (χ1n) is 5.59. The number of aryl methyl sites for hydroxylation is 1. The number of nitrogens with zero attached hydrogens (tertiary/aromatic N) is 3. The average Bonchev–Trinajstić information content (AvgIpc) is 2.79. The standard InChI is InChI=1S/C12H14N4O2/c1-3-18-10-6-4-9(5-7-10)13-12(17)11-8-16(2)15-14-11/h4-8H,3H2,1-2H3,(H,13,17). The number of carbonyl (C=O) groups excluding carboxylic acids is 1. The Morgan fingerprint density at radius 3 is 2.67 bits per heavy atom. The van der Waals surface area contributed by atoms with Gasteiger partial charge in [0.1, 0.15) is 5.75 Å². The zero-order valence-corrected chi connectivity index (χ0v) is 10.3. The maximum Gasteiger partial charge on any atom is 0.277 e. The van der Waals surface area contributed by atoms with Crippen LogP contribution in [0.15, 0.2) is 30.5 Å². The van der Waals surface area contributed by atoms with E-state index in [1.165, 1.54) is 4.68 Å². The molecule has 0 aliphatic rings. The predicted molar refractivity (Wildman–Crippen MR) is 66.6 cm³/mol. The lowest BCUT2D eigenvalue weighted by Gasteiger charge is -2.05. The van der Waals surface area contributed by atoms with Crippen LogP contribution in [0, 0.1) is 0 Å². The molecular formula is C12H14N4O2. The van der Waals surface area contributed by atoms with Gasteiger partial charge in [-0.3, -0.25) is 9.48 Å². The average molecular weight is 246 g/mol. The normalized spacial score (nSPS) is 10.1. The minimum absolute atomic E-state index is 0.284. The van der Waals surface area contributed by atoms with E-state index in [1.807, 2.05) is 6.92 Å². The van der Waals surface area contributed by atoms with Crippen LogP contribution in [-0.2, 0) is 7.05 Å². The highest BCUT2D eigenvalue weighted by Crippen LogP contribution is 2.16. The quantitative estimate of drug-likeness (QED) is 0.886. The fourth-order valence-electron chi connectivity index (χ4n) is 1.45. The Kier molecular flexibility index (Phi) is 3.57. The number of rotatable bonds is 4. The molecular weight excluding hydrogens is 232 g/mol. The Morgan fingerprint density at radius 2 is 2.11 bits per heavy atom. The van der Waals surface area contributed by atoms with Crippen LogP contribution in [-0.4, -0.2) is 27.5 Å². The highest BCUT2D eigenvalue weighted by Gasteiger charge is 2.09. The molecule has 0 spiro atoms. The monoisotopic (exact) mass is 246 g/mol. The van der Waals surface area contributed by atoms with E-state index in [9.17, 15) is 4.79 Å². The zero-order chi connectivity index (χ0) is 13.0. The number of aromatic nitrogens is 3. The predicted octanol–water partition coefficient (Wildman–Crippen LogP) is 1.47. The molecule has 18 heavy (non-hydrogen) atoms. The van der Waals surface area contributed by atoms with Crippen LogP contribution in [0.4, 0.5) is 5.69 Å². The summed E-state index contributed by atoms with van der Waals surface area (Å²) in [4.78, 5) is 11.8. The minimum Gasteiger partial charge on any atom is -0.494 e. The molecule has 6 heteroatoms. The molecule has 0 atom stereocenters. The first-order chi connectivity index (χ1) is 8.69. The molecule has 0 bridgehead atoms. The highest BCUT2D eigenvalue weighted by atomic mass is 16.5. The van der Waals surface area contributed by atoms with Crippen LogP contribution in [0.5, 0.6) is 5.75 Å². The van der Waals surface area contributed by atoms with E-state index in [4.69, 9.17) is 4.74 Å². The molecule has 1 amide bonds. The summed E-state index contributed by atoms with van der Waals surface area (Å²) in [7, 11) is 1.71. The van der Waals surface area contributed by atoms with Gasteiger partial charge >= 0.3 is 0 Å². The molecule has 6 nitrogen and oxygen atoms in total. The van der Waals surface area contributed by atoms with Gasteiger partial charge in [0.25, 0.3) is 5.91 Å². The van der Waals surface area contributed by atoms with Crippen LogP contribution in [0.1, 0.15) is 17.4 Å². The number of ether oxygens (including phenoxy) is 1. The smallest absolute Gasteiger partial charge is 0.277 e. The Labute approximate surface area is 105 Å². The number of nitrogens with one attached hydrogen (secondary N) is 1. The van der Waals surface area contributed by atoms with Crippen LogP contribution in [0.3, 0.4) is 0 Å². The summed E-state index contributed by atoms with van der Waals surface area (Å²) >= 11 is 0. The van der Waals surface area contributed by atoms with Gasteiger partial charge in [0, 0.05) is 12.7 Å². The molecule has 0 radical (unpaired) electrons. The molecule has 0 aliphatic carbocycles. The third-order valence-corrected chi connectivity index (χ3v) is 2.26. The van der Waals surface area contributed by atoms with Crippen molar-refractivity contribution < 1.29 is 9.53 Å². The van der Waals surface area contributed by atoms with Gasteiger partial charge in [-0.25, -0.2) is 0 Å². The maximum atomic E-state index is 11.8. The molecule has 2 aromatic rings. The van der Waals surface area contributed by atoms with Gasteiger partial charge in [0.05, 0.1) is 12.8 Å².